The Bertz CT molecular complexity index is 126. The van der Waals surface area contributed by atoms with Crippen LogP contribution < -0.4 is 5.32 Å². The third-order valence-corrected chi connectivity index (χ3v) is 3.05. The second kappa shape index (κ2) is 5.61. The van der Waals surface area contributed by atoms with Crippen molar-refractivity contribution in [3.8, 4) is 0 Å². The number of likely N-dealkylation sites (N-methyl/N-ethyl adjacent to an activating group) is 1. The maximum absolute atomic E-state index is 3.63. The van der Waals surface area contributed by atoms with Gasteiger partial charge < -0.3 is 10.2 Å². The summed E-state index contributed by atoms with van der Waals surface area (Å²) in [5.74, 6) is 0. The van der Waals surface area contributed by atoms with E-state index in [9.17, 15) is 0 Å². The average Bonchev–Trinajstić information content (AvgIpc) is 2.32. The summed E-state index contributed by atoms with van der Waals surface area (Å²) in [6, 6.07) is 1.40. The first-order chi connectivity index (χ1) is 6.20. The molecule has 1 aliphatic rings. The van der Waals surface area contributed by atoms with Crippen molar-refractivity contribution in [3.05, 3.63) is 0 Å². The van der Waals surface area contributed by atoms with Gasteiger partial charge >= 0.3 is 0 Å². The first-order valence-electron chi connectivity index (χ1n) is 5.64. The molecule has 2 heteroatoms. The Labute approximate surface area is 82.7 Å². The molecule has 1 rings (SSSR count). The van der Waals surface area contributed by atoms with E-state index in [1.165, 1.54) is 38.8 Å². The van der Waals surface area contributed by atoms with Gasteiger partial charge in [-0.25, -0.2) is 0 Å². The van der Waals surface area contributed by atoms with Crippen LogP contribution in [0.4, 0.5) is 0 Å². The molecule has 0 radical (unpaired) electrons. The van der Waals surface area contributed by atoms with Gasteiger partial charge in [-0.1, -0.05) is 12.8 Å². The summed E-state index contributed by atoms with van der Waals surface area (Å²) in [6.45, 7) is 6.95. The molecule has 1 aliphatic heterocycles. The van der Waals surface area contributed by atoms with Gasteiger partial charge in [0, 0.05) is 18.6 Å². The lowest BCUT2D eigenvalue weighted by atomic mass is 10.1. The fourth-order valence-electron chi connectivity index (χ4n) is 1.82. The monoisotopic (exact) mass is 184 g/mol. The third-order valence-electron chi connectivity index (χ3n) is 3.05. The van der Waals surface area contributed by atoms with Crippen molar-refractivity contribution in [3.63, 3.8) is 0 Å². The maximum Gasteiger partial charge on any atom is 0.0195 e. The number of hydrogen-bond acceptors (Lipinski definition) is 2. The van der Waals surface area contributed by atoms with Gasteiger partial charge in [-0.15, -0.1) is 0 Å². The highest BCUT2D eigenvalue weighted by molar-refractivity contribution is 4.74. The smallest absolute Gasteiger partial charge is 0.0195 e. The van der Waals surface area contributed by atoms with Gasteiger partial charge in [0.05, 0.1) is 0 Å². The standard InChI is InChI=1S/C11H24N2/c1-10(2)13(3)9-11-7-5-4-6-8-12-11/h10-12H,4-9H2,1-3H3. The summed E-state index contributed by atoms with van der Waals surface area (Å²) in [5, 5.41) is 3.63. The van der Waals surface area contributed by atoms with E-state index in [-0.39, 0.29) is 0 Å². The number of rotatable bonds is 3. The van der Waals surface area contributed by atoms with E-state index in [0.29, 0.717) is 6.04 Å². The molecular formula is C11H24N2. The number of nitrogens with zero attached hydrogens (tertiary/aromatic N) is 1. The van der Waals surface area contributed by atoms with Gasteiger partial charge in [0.2, 0.25) is 0 Å². The molecular weight excluding hydrogens is 160 g/mol. The van der Waals surface area contributed by atoms with E-state index in [4.69, 9.17) is 0 Å². The SMILES string of the molecule is CC(C)N(C)CC1CCCCCN1. The molecule has 0 amide bonds. The second-order valence-corrected chi connectivity index (χ2v) is 4.53. The molecule has 1 N–H and O–H groups in total. The molecule has 1 fully saturated rings. The van der Waals surface area contributed by atoms with Crippen LogP contribution in [0.5, 0.6) is 0 Å². The molecule has 0 bridgehead atoms. The summed E-state index contributed by atoms with van der Waals surface area (Å²) in [7, 11) is 2.22. The van der Waals surface area contributed by atoms with E-state index in [1.807, 2.05) is 0 Å². The van der Waals surface area contributed by atoms with Crippen molar-refractivity contribution in [2.45, 2.75) is 51.6 Å². The van der Waals surface area contributed by atoms with Crippen LogP contribution in [0, 0.1) is 0 Å². The number of hydrogen-bond donors (Lipinski definition) is 1. The highest BCUT2D eigenvalue weighted by atomic mass is 15.1. The van der Waals surface area contributed by atoms with Gasteiger partial charge in [-0.2, -0.15) is 0 Å². The fourth-order valence-corrected chi connectivity index (χ4v) is 1.82. The van der Waals surface area contributed by atoms with Crippen molar-refractivity contribution in [2.24, 2.45) is 0 Å². The largest absolute Gasteiger partial charge is 0.313 e. The summed E-state index contributed by atoms with van der Waals surface area (Å²) >= 11 is 0. The van der Waals surface area contributed by atoms with Crippen molar-refractivity contribution < 1.29 is 0 Å². The van der Waals surface area contributed by atoms with Crippen LogP contribution in [0.15, 0.2) is 0 Å². The van der Waals surface area contributed by atoms with Crippen LogP contribution in [0.2, 0.25) is 0 Å². The van der Waals surface area contributed by atoms with Gasteiger partial charge in [0.1, 0.15) is 0 Å². The summed E-state index contributed by atoms with van der Waals surface area (Å²) in [4.78, 5) is 2.43. The molecule has 1 atom stereocenters. The van der Waals surface area contributed by atoms with Crippen LogP contribution in [0.3, 0.4) is 0 Å². The Morgan fingerprint density at radius 2 is 2.08 bits per heavy atom. The van der Waals surface area contributed by atoms with Crippen LogP contribution in [-0.2, 0) is 0 Å². The molecule has 0 aliphatic carbocycles. The molecule has 0 spiro atoms. The highest BCUT2D eigenvalue weighted by Crippen LogP contribution is 2.09. The van der Waals surface area contributed by atoms with Gasteiger partial charge in [0.15, 0.2) is 0 Å². The van der Waals surface area contributed by atoms with E-state index in [1.54, 1.807) is 0 Å². The average molecular weight is 184 g/mol. The van der Waals surface area contributed by atoms with Crippen molar-refractivity contribution in [1.29, 1.82) is 0 Å². The first-order valence-corrected chi connectivity index (χ1v) is 5.64. The summed E-state index contributed by atoms with van der Waals surface area (Å²) in [5.41, 5.74) is 0. The second-order valence-electron chi connectivity index (χ2n) is 4.53. The van der Waals surface area contributed by atoms with Crippen LogP contribution in [0.25, 0.3) is 0 Å². The highest BCUT2D eigenvalue weighted by Gasteiger charge is 2.14. The van der Waals surface area contributed by atoms with Crippen molar-refractivity contribution >= 4 is 0 Å². The molecule has 1 heterocycles. The van der Waals surface area contributed by atoms with Crippen LogP contribution in [0.1, 0.15) is 39.5 Å². The van der Waals surface area contributed by atoms with E-state index >= 15 is 0 Å². The van der Waals surface area contributed by atoms with Gasteiger partial charge in [-0.05, 0) is 40.3 Å². The first kappa shape index (κ1) is 11.0. The molecule has 2 nitrogen and oxygen atoms in total. The summed E-state index contributed by atoms with van der Waals surface area (Å²) in [6.07, 6.45) is 5.54. The summed E-state index contributed by atoms with van der Waals surface area (Å²) < 4.78 is 0. The van der Waals surface area contributed by atoms with E-state index in [2.05, 4.69) is 31.1 Å². The lowest BCUT2D eigenvalue weighted by molar-refractivity contribution is 0.239. The van der Waals surface area contributed by atoms with Crippen LogP contribution in [-0.4, -0.2) is 37.1 Å². The van der Waals surface area contributed by atoms with Crippen LogP contribution >= 0.6 is 0 Å². The molecule has 78 valence electrons. The molecule has 0 aromatic heterocycles. The third kappa shape index (κ3) is 4.10. The molecule has 1 saturated heterocycles. The van der Waals surface area contributed by atoms with Crippen molar-refractivity contribution in [1.82, 2.24) is 10.2 Å². The Kier molecular flexibility index (Phi) is 4.74. The minimum Gasteiger partial charge on any atom is -0.313 e. The predicted molar refractivity (Wildman–Crippen MR) is 58.0 cm³/mol. The van der Waals surface area contributed by atoms with Gasteiger partial charge in [-0.3, -0.25) is 0 Å². The van der Waals surface area contributed by atoms with E-state index in [0.717, 1.165) is 6.04 Å². The van der Waals surface area contributed by atoms with Crippen molar-refractivity contribution in [2.75, 3.05) is 20.1 Å². The topological polar surface area (TPSA) is 15.3 Å². The Morgan fingerprint density at radius 1 is 1.31 bits per heavy atom. The maximum atomic E-state index is 3.63. The molecule has 13 heavy (non-hydrogen) atoms. The lowest BCUT2D eigenvalue weighted by Gasteiger charge is -2.26. The zero-order valence-electron chi connectivity index (χ0n) is 9.34. The quantitative estimate of drug-likeness (QED) is 0.720. The van der Waals surface area contributed by atoms with E-state index < -0.39 is 0 Å². The normalized spacial score (nSPS) is 25.2. The zero-order chi connectivity index (χ0) is 9.68. The zero-order valence-corrected chi connectivity index (χ0v) is 9.34. The molecule has 0 aromatic carbocycles. The predicted octanol–water partition coefficient (Wildman–Crippen LogP) is 1.86. The Morgan fingerprint density at radius 3 is 2.77 bits per heavy atom. The van der Waals surface area contributed by atoms with Gasteiger partial charge in [0.25, 0.3) is 0 Å². The molecule has 0 aromatic rings. The molecule has 0 saturated carbocycles. The fraction of sp³-hybridized carbons (Fsp3) is 1.00. The minimum absolute atomic E-state index is 0.671. The minimum atomic E-state index is 0.671. The lowest BCUT2D eigenvalue weighted by Crippen LogP contribution is -2.41. The Balaban J connectivity index is 2.25. The number of nitrogens with one attached hydrogen (secondary N) is 1. The Hall–Kier alpha value is -0.0800. The molecule has 1 unspecified atom stereocenters.